The van der Waals surface area contributed by atoms with E-state index in [1.807, 2.05) is 0 Å². The van der Waals surface area contributed by atoms with E-state index >= 15 is 0 Å². The summed E-state index contributed by atoms with van der Waals surface area (Å²) in [5, 5.41) is 0. The van der Waals surface area contributed by atoms with Crippen LogP contribution in [-0.2, 0) is 6.54 Å². The molecule has 1 heteroatoms. The molecular weight excluding hydrogens is 302 g/mol. The molecule has 1 aromatic rings. The summed E-state index contributed by atoms with van der Waals surface area (Å²) in [5.74, 6) is 0. The van der Waals surface area contributed by atoms with Gasteiger partial charge in [0.1, 0.15) is 6.54 Å². The van der Waals surface area contributed by atoms with Gasteiger partial charge in [-0.05, 0) is 12.8 Å². The summed E-state index contributed by atoms with van der Waals surface area (Å²) in [7, 11) is 4.74. The SMILES string of the molecule is CCCCCCCCCCCCCCC[N+](C)(C)Cc1ccccc1. The third-order valence-corrected chi connectivity index (χ3v) is 5.32. The van der Waals surface area contributed by atoms with Crippen molar-refractivity contribution in [3.63, 3.8) is 0 Å². The van der Waals surface area contributed by atoms with Crippen LogP contribution in [0.4, 0.5) is 0 Å². The summed E-state index contributed by atoms with van der Waals surface area (Å²) in [4.78, 5) is 0. The summed E-state index contributed by atoms with van der Waals surface area (Å²) in [6.45, 7) is 4.75. The van der Waals surface area contributed by atoms with Crippen LogP contribution in [0.5, 0.6) is 0 Å². The molecule has 0 aliphatic rings. The molecule has 0 unspecified atom stereocenters. The number of nitrogens with zero attached hydrogens (tertiary/aromatic N) is 1. The summed E-state index contributed by atoms with van der Waals surface area (Å²) in [5.41, 5.74) is 1.46. The first-order chi connectivity index (χ1) is 12.1. The van der Waals surface area contributed by atoms with Crippen molar-refractivity contribution in [2.24, 2.45) is 0 Å². The van der Waals surface area contributed by atoms with Gasteiger partial charge < -0.3 is 4.48 Å². The Labute approximate surface area is 158 Å². The van der Waals surface area contributed by atoms with Gasteiger partial charge >= 0.3 is 0 Å². The van der Waals surface area contributed by atoms with Gasteiger partial charge in [0.2, 0.25) is 0 Å². The van der Waals surface area contributed by atoms with Crippen molar-refractivity contribution in [3.05, 3.63) is 35.9 Å². The lowest BCUT2D eigenvalue weighted by Crippen LogP contribution is -2.39. The number of hydrogen-bond acceptors (Lipinski definition) is 0. The Balaban J connectivity index is 1.89. The zero-order chi connectivity index (χ0) is 18.2. The number of benzene rings is 1. The highest BCUT2D eigenvalue weighted by molar-refractivity contribution is 5.13. The Morgan fingerprint density at radius 2 is 1.04 bits per heavy atom. The largest absolute Gasteiger partial charge is 0.325 e. The van der Waals surface area contributed by atoms with Crippen LogP contribution in [0.15, 0.2) is 30.3 Å². The molecular formula is C24H44N+. The van der Waals surface area contributed by atoms with Crippen LogP contribution in [-0.4, -0.2) is 25.1 Å². The highest BCUT2D eigenvalue weighted by atomic mass is 15.3. The highest BCUT2D eigenvalue weighted by Crippen LogP contribution is 2.14. The molecule has 0 aliphatic carbocycles. The fourth-order valence-corrected chi connectivity index (χ4v) is 3.71. The molecule has 0 saturated heterocycles. The molecule has 0 aromatic heterocycles. The molecule has 1 aromatic carbocycles. The Morgan fingerprint density at radius 3 is 1.52 bits per heavy atom. The predicted octanol–water partition coefficient (Wildman–Crippen LogP) is 7.35. The van der Waals surface area contributed by atoms with E-state index in [1.165, 1.54) is 95.6 Å². The lowest BCUT2D eigenvalue weighted by atomic mass is 10.0. The molecule has 0 N–H and O–H groups in total. The molecule has 0 heterocycles. The van der Waals surface area contributed by atoms with E-state index in [2.05, 4.69) is 51.4 Å². The van der Waals surface area contributed by atoms with Gasteiger partial charge in [-0.3, -0.25) is 0 Å². The lowest BCUT2D eigenvalue weighted by Gasteiger charge is -2.30. The van der Waals surface area contributed by atoms with Gasteiger partial charge in [0.05, 0.1) is 20.6 Å². The van der Waals surface area contributed by atoms with Crippen molar-refractivity contribution < 1.29 is 4.48 Å². The molecule has 0 atom stereocenters. The second-order valence-corrected chi connectivity index (χ2v) is 8.55. The van der Waals surface area contributed by atoms with Gasteiger partial charge in [0, 0.05) is 5.56 Å². The van der Waals surface area contributed by atoms with Crippen molar-refractivity contribution in [1.29, 1.82) is 0 Å². The van der Waals surface area contributed by atoms with E-state index < -0.39 is 0 Å². The van der Waals surface area contributed by atoms with Crippen LogP contribution in [0.1, 0.15) is 96.0 Å². The first kappa shape index (κ1) is 22.2. The Kier molecular flexibility index (Phi) is 12.8. The van der Waals surface area contributed by atoms with E-state index in [-0.39, 0.29) is 0 Å². The smallest absolute Gasteiger partial charge is 0.104 e. The molecule has 0 amide bonds. The third kappa shape index (κ3) is 13.1. The van der Waals surface area contributed by atoms with Gasteiger partial charge in [-0.15, -0.1) is 0 Å². The minimum atomic E-state index is 1.11. The molecule has 0 fully saturated rings. The van der Waals surface area contributed by atoms with E-state index in [0.717, 1.165) is 11.0 Å². The topological polar surface area (TPSA) is 0 Å². The van der Waals surface area contributed by atoms with E-state index in [9.17, 15) is 0 Å². The molecule has 0 spiro atoms. The van der Waals surface area contributed by atoms with Crippen LogP contribution < -0.4 is 0 Å². The van der Waals surface area contributed by atoms with E-state index in [0.29, 0.717) is 0 Å². The average molecular weight is 347 g/mol. The Morgan fingerprint density at radius 1 is 0.600 bits per heavy atom. The summed E-state index contributed by atoms with van der Waals surface area (Å²) < 4.78 is 1.11. The standard InChI is InChI=1S/C24H44N/c1-4-5-6-7-8-9-10-11-12-13-14-15-19-22-25(2,3)23-24-20-17-16-18-21-24/h16-18,20-21H,4-15,19,22-23H2,1-3H3/q+1. The zero-order valence-electron chi connectivity index (χ0n) is 17.4. The molecule has 1 rings (SSSR count). The van der Waals surface area contributed by atoms with Crippen LogP contribution in [0.2, 0.25) is 0 Å². The van der Waals surface area contributed by atoms with Crippen LogP contribution in [0.25, 0.3) is 0 Å². The molecule has 0 saturated carbocycles. The normalized spacial score (nSPS) is 11.8. The summed E-state index contributed by atoms with van der Waals surface area (Å²) in [6.07, 6.45) is 18.7. The first-order valence-electron chi connectivity index (χ1n) is 11.0. The minimum absolute atomic E-state index is 1.11. The maximum Gasteiger partial charge on any atom is 0.104 e. The maximum atomic E-state index is 2.37. The molecule has 0 radical (unpaired) electrons. The molecule has 0 bridgehead atoms. The molecule has 144 valence electrons. The van der Waals surface area contributed by atoms with Gasteiger partial charge in [-0.2, -0.15) is 0 Å². The van der Waals surface area contributed by atoms with Gasteiger partial charge in [0.25, 0.3) is 0 Å². The second-order valence-electron chi connectivity index (χ2n) is 8.55. The summed E-state index contributed by atoms with van der Waals surface area (Å²) in [6, 6.07) is 10.9. The highest BCUT2D eigenvalue weighted by Gasteiger charge is 2.14. The maximum absolute atomic E-state index is 2.37. The monoisotopic (exact) mass is 346 g/mol. The minimum Gasteiger partial charge on any atom is -0.325 e. The molecule has 25 heavy (non-hydrogen) atoms. The first-order valence-corrected chi connectivity index (χ1v) is 11.0. The van der Waals surface area contributed by atoms with E-state index in [4.69, 9.17) is 0 Å². The zero-order valence-corrected chi connectivity index (χ0v) is 17.4. The van der Waals surface area contributed by atoms with Crippen molar-refractivity contribution in [3.8, 4) is 0 Å². The average Bonchev–Trinajstić information content (AvgIpc) is 2.59. The fraction of sp³-hybridized carbons (Fsp3) is 0.750. The fourth-order valence-electron chi connectivity index (χ4n) is 3.71. The van der Waals surface area contributed by atoms with Crippen molar-refractivity contribution in [1.82, 2.24) is 0 Å². The number of unbranched alkanes of at least 4 members (excludes halogenated alkanes) is 12. The van der Waals surface area contributed by atoms with Crippen molar-refractivity contribution >= 4 is 0 Å². The number of hydrogen-bond donors (Lipinski definition) is 0. The van der Waals surface area contributed by atoms with Gasteiger partial charge in [-0.25, -0.2) is 0 Å². The number of quaternary nitrogens is 1. The van der Waals surface area contributed by atoms with Crippen LogP contribution in [0.3, 0.4) is 0 Å². The lowest BCUT2D eigenvalue weighted by molar-refractivity contribution is -0.903. The van der Waals surface area contributed by atoms with Crippen molar-refractivity contribution in [2.45, 2.75) is 96.9 Å². The Bertz CT molecular complexity index is 396. The predicted molar refractivity (Wildman–Crippen MR) is 113 cm³/mol. The van der Waals surface area contributed by atoms with Crippen molar-refractivity contribution in [2.75, 3.05) is 20.6 Å². The third-order valence-electron chi connectivity index (χ3n) is 5.32. The summed E-state index contributed by atoms with van der Waals surface area (Å²) >= 11 is 0. The quantitative estimate of drug-likeness (QED) is 0.217. The van der Waals surface area contributed by atoms with Gasteiger partial charge in [0.15, 0.2) is 0 Å². The van der Waals surface area contributed by atoms with Crippen LogP contribution in [0, 0.1) is 0 Å². The van der Waals surface area contributed by atoms with Gasteiger partial charge in [-0.1, -0.05) is 108 Å². The van der Waals surface area contributed by atoms with Crippen LogP contribution >= 0.6 is 0 Å². The van der Waals surface area contributed by atoms with E-state index in [1.54, 1.807) is 0 Å². The Hall–Kier alpha value is -0.820. The number of rotatable bonds is 16. The second kappa shape index (κ2) is 14.4. The molecule has 1 nitrogen and oxygen atoms in total. The molecule has 0 aliphatic heterocycles.